The summed E-state index contributed by atoms with van der Waals surface area (Å²) in [7, 11) is 0. The standard InChI is InChI=1S/C17H17N5O/c1-11(2)19-17(23)14-8-9-15(22-21-14)20-13-7-3-5-12-6-4-10-18-16(12)13/h3-11H,1-2H3,(H,19,23)(H,20,22). The van der Waals surface area contributed by atoms with Crippen LogP contribution in [0.4, 0.5) is 11.5 Å². The summed E-state index contributed by atoms with van der Waals surface area (Å²) < 4.78 is 0. The van der Waals surface area contributed by atoms with Crippen molar-refractivity contribution in [1.29, 1.82) is 0 Å². The number of hydrogen-bond donors (Lipinski definition) is 2. The van der Waals surface area contributed by atoms with Gasteiger partial charge in [-0.3, -0.25) is 9.78 Å². The molecule has 6 nitrogen and oxygen atoms in total. The van der Waals surface area contributed by atoms with Gasteiger partial charge in [-0.15, -0.1) is 10.2 Å². The Kier molecular flexibility index (Phi) is 4.14. The van der Waals surface area contributed by atoms with Gasteiger partial charge in [0.15, 0.2) is 11.5 Å². The summed E-state index contributed by atoms with van der Waals surface area (Å²) in [5.74, 6) is 0.329. The molecule has 0 saturated carbocycles. The predicted molar refractivity (Wildman–Crippen MR) is 89.7 cm³/mol. The lowest BCUT2D eigenvalue weighted by molar-refractivity contribution is 0.0937. The van der Waals surface area contributed by atoms with Crippen LogP contribution >= 0.6 is 0 Å². The fourth-order valence-corrected chi connectivity index (χ4v) is 2.20. The Morgan fingerprint density at radius 3 is 2.61 bits per heavy atom. The lowest BCUT2D eigenvalue weighted by Gasteiger charge is -2.09. The van der Waals surface area contributed by atoms with Gasteiger partial charge >= 0.3 is 0 Å². The van der Waals surface area contributed by atoms with Gasteiger partial charge in [0.1, 0.15) is 0 Å². The lowest BCUT2D eigenvalue weighted by Crippen LogP contribution is -2.30. The molecular weight excluding hydrogens is 290 g/mol. The minimum Gasteiger partial charge on any atom is -0.348 e. The molecule has 2 heterocycles. The fourth-order valence-electron chi connectivity index (χ4n) is 2.20. The van der Waals surface area contributed by atoms with Crippen molar-refractivity contribution >= 4 is 28.3 Å². The van der Waals surface area contributed by atoms with Crippen molar-refractivity contribution in [1.82, 2.24) is 20.5 Å². The van der Waals surface area contributed by atoms with E-state index in [-0.39, 0.29) is 11.9 Å². The smallest absolute Gasteiger partial charge is 0.271 e. The molecule has 2 N–H and O–H groups in total. The molecule has 0 aliphatic heterocycles. The molecule has 3 aromatic rings. The summed E-state index contributed by atoms with van der Waals surface area (Å²) in [6.45, 7) is 3.80. The van der Waals surface area contributed by atoms with Crippen molar-refractivity contribution < 1.29 is 4.79 Å². The fraction of sp³-hybridized carbons (Fsp3) is 0.176. The van der Waals surface area contributed by atoms with Crippen LogP contribution in [0.2, 0.25) is 0 Å². The van der Waals surface area contributed by atoms with Gasteiger partial charge in [-0.25, -0.2) is 0 Å². The van der Waals surface area contributed by atoms with E-state index in [0.29, 0.717) is 11.5 Å². The Bertz CT molecular complexity index is 825. The number of pyridine rings is 1. The van der Waals surface area contributed by atoms with Crippen molar-refractivity contribution in [2.24, 2.45) is 0 Å². The molecule has 0 spiro atoms. The molecule has 116 valence electrons. The highest BCUT2D eigenvalue weighted by Crippen LogP contribution is 2.23. The zero-order chi connectivity index (χ0) is 16.2. The molecule has 0 unspecified atom stereocenters. The maximum atomic E-state index is 11.9. The van der Waals surface area contributed by atoms with Crippen LogP contribution < -0.4 is 10.6 Å². The quantitative estimate of drug-likeness (QED) is 0.774. The number of rotatable bonds is 4. The molecule has 0 radical (unpaired) electrons. The van der Waals surface area contributed by atoms with E-state index < -0.39 is 0 Å². The third-order valence-electron chi connectivity index (χ3n) is 3.21. The highest BCUT2D eigenvalue weighted by molar-refractivity contribution is 5.93. The molecule has 0 saturated heterocycles. The van der Waals surface area contributed by atoms with E-state index in [1.165, 1.54) is 0 Å². The first-order chi connectivity index (χ1) is 11.1. The van der Waals surface area contributed by atoms with Gasteiger partial charge in [0.2, 0.25) is 0 Å². The zero-order valence-corrected chi connectivity index (χ0v) is 12.9. The second-order valence-corrected chi connectivity index (χ2v) is 5.44. The maximum Gasteiger partial charge on any atom is 0.271 e. The molecule has 1 amide bonds. The van der Waals surface area contributed by atoms with Crippen LogP contribution in [-0.4, -0.2) is 27.1 Å². The average molecular weight is 307 g/mol. The number of aromatic nitrogens is 3. The molecule has 3 rings (SSSR count). The van der Waals surface area contributed by atoms with Crippen molar-refractivity contribution in [2.75, 3.05) is 5.32 Å². The van der Waals surface area contributed by atoms with E-state index >= 15 is 0 Å². The second-order valence-electron chi connectivity index (χ2n) is 5.44. The summed E-state index contributed by atoms with van der Waals surface area (Å²) in [5.41, 5.74) is 2.00. The first-order valence-corrected chi connectivity index (χ1v) is 7.39. The minimum atomic E-state index is -0.231. The third kappa shape index (κ3) is 3.42. The van der Waals surface area contributed by atoms with Gasteiger partial charge in [0, 0.05) is 17.6 Å². The number of carbonyl (C=O) groups excluding carboxylic acids is 1. The van der Waals surface area contributed by atoms with E-state index in [1.54, 1.807) is 18.3 Å². The summed E-state index contributed by atoms with van der Waals surface area (Å²) in [6, 6.07) is 13.2. The van der Waals surface area contributed by atoms with E-state index in [1.807, 2.05) is 44.2 Å². The second kappa shape index (κ2) is 6.39. The summed E-state index contributed by atoms with van der Waals surface area (Å²) in [6.07, 6.45) is 1.75. The number of hydrogen-bond acceptors (Lipinski definition) is 5. The number of nitrogens with one attached hydrogen (secondary N) is 2. The molecular formula is C17H17N5O. The normalized spacial score (nSPS) is 10.7. The van der Waals surface area contributed by atoms with Crippen LogP contribution in [-0.2, 0) is 0 Å². The summed E-state index contributed by atoms with van der Waals surface area (Å²) in [5, 5.41) is 15.0. The van der Waals surface area contributed by atoms with Crippen LogP contribution in [0.3, 0.4) is 0 Å². The third-order valence-corrected chi connectivity index (χ3v) is 3.21. The number of anilines is 2. The molecule has 0 atom stereocenters. The van der Waals surface area contributed by atoms with E-state index in [2.05, 4.69) is 25.8 Å². The number of nitrogens with zero attached hydrogens (tertiary/aromatic N) is 3. The number of carbonyl (C=O) groups is 1. The molecule has 1 aromatic carbocycles. The molecule has 0 fully saturated rings. The van der Waals surface area contributed by atoms with Gasteiger partial charge in [-0.2, -0.15) is 0 Å². The van der Waals surface area contributed by atoms with Crippen molar-refractivity contribution in [3.05, 3.63) is 54.4 Å². The van der Waals surface area contributed by atoms with Crippen LogP contribution in [0.1, 0.15) is 24.3 Å². The van der Waals surface area contributed by atoms with Gasteiger partial charge in [-0.05, 0) is 38.1 Å². The van der Waals surface area contributed by atoms with Crippen LogP contribution in [0, 0.1) is 0 Å². The predicted octanol–water partition coefficient (Wildman–Crippen LogP) is 2.91. The maximum absolute atomic E-state index is 11.9. The summed E-state index contributed by atoms with van der Waals surface area (Å²) >= 11 is 0. The topological polar surface area (TPSA) is 79.8 Å². The summed E-state index contributed by atoms with van der Waals surface area (Å²) in [4.78, 5) is 16.2. The highest BCUT2D eigenvalue weighted by Gasteiger charge is 2.09. The Labute approximate surface area is 134 Å². The lowest BCUT2D eigenvalue weighted by atomic mass is 10.2. The van der Waals surface area contributed by atoms with Gasteiger partial charge < -0.3 is 10.6 Å². The van der Waals surface area contributed by atoms with Crippen LogP contribution in [0.5, 0.6) is 0 Å². The number of benzene rings is 1. The van der Waals surface area contributed by atoms with Gasteiger partial charge in [-0.1, -0.05) is 18.2 Å². The van der Waals surface area contributed by atoms with Gasteiger partial charge in [0.25, 0.3) is 5.91 Å². The monoisotopic (exact) mass is 307 g/mol. The highest BCUT2D eigenvalue weighted by atomic mass is 16.2. The average Bonchev–Trinajstić information content (AvgIpc) is 2.55. The number of fused-ring (bicyclic) bond motifs is 1. The zero-order valence-electron chi connectivity index (χ0n) is 12.9. The minimum absolute atomic E-state index is 0.0591. The van der Waals surface area contributed by atoms with E-state index in [9.17, 15) is 4.79 Å². The molecule has 6 heteroatoms. The van der Waals surface area contributed by atoms with E-state index in [0.717, 1.165) is 16.6 Å². The molecule has 2 aromatic heterocycles. The van der Waals surface area contributed by atoms with E-state index in [4.69, 9.17) is 0 Å². The largest absolute Gasteiger partial charge is 0.348 e. The van der Waals surface area contributed by atoms with Crippen LogP contribution in [0.15, 0.2) is 48.7 Å². The first-order valence-electron chi connectivity index (χ1n) is 7.39. The molecule has 0 aliphatic carbocycles. The van der Waals surface area contributed by atoms with Crippen molar-refractivity contribution in [3.63, 3.8) is 0 Å². The SMILES string of the molecule is CC(C)NC(=O)c1ccc(Nc2cccc3cccnc23)nn1. The Morgan fingerprint density at radius 2 is 1.87 bits per heavy atom. The molecule has 0 bridgehead atoms. The Hall–Kier alpha value is -3.02. The van der Waals surface area contributed by atoms with Crippen LogP contribution in [0.25, 0.3) is 10.9 Å². The molecule has 0 aliphatic rings. The van der Waals surface area contributed by atoms with Gasteiger partial charge in [0.05, 0.1) is 11.2 Å². The molecule has 23 heavy (non-hydrogen) atoms. The first kappa shape index (κ1) is 14.9. The van der Waals surface area contributed by atoms with Crippen molar-refractivity contribution in [3.8, 4) is 0 Å². The number of para-hydroxylation sites is 1. The Morgan fingerprint density at radius 1 is 1.04 bits per heavy atom. The number of amides is 1. The Balaban J connectivity index is 1.81. The van der Waals surface area contributed by atoms with Crippen molar-refractivity contribution in [2.45, 2.75) is 19.9 Å².